The topological polar surface area (TPSA) is 127 Å². The van der Waals surface area contributed by atoms with Crippen LogP contribution in [0.1, 0.15) is 18.9 Å². The molecule has 1 aromatic heterocycles. The quantitative estimate of drug-likeness (QED) is 0.417. The van der Waals surface area contributed by atoms with Gasteiger partial charge in [-0.05, 0) is 55.5 Å². The Labute approximate surface area is 255 Å². The highest BCUT2D eigenvalue weighted by Crippen LogP contribution is 2.29. The average molecular weight is 602 g/mol. The molecule has 3 saturated heterocycles. The van der Waals surface area contributed by atoms with E-state index in [-0.39, 0.29) is 30.8 Å². The number of ether oxygens (including phenoxy) is 2. The number of piperazine rings is 1. The van der Waals surface area contributed by atoms with E-state index in [4.69, 9.17) is 9.47 Å². The van der Waals surface area contributed by atoms with Gasteiger partial charge in [-0.15, -0.1) is 0 Å². The first-order valence-corrected chi connectivity index (χ1v) is 15.0. The van der Waals surface area contributed by atoms with E-state index in [1.807, 2.05) is 12.1 Å². The third kappa shape index (κ3) is 6.60. The van der Waals surface area contributed by atoms with E-state index in [9.17, 15) is 19.6 Å². The second kappa shape index (κ2) is 13.1. The van der Waals surface area contributed by atoms with Gasteiger partial charge in [0, 0.05) is 62.3 Å². The summed E-state index contributed by atoms with van der Waals surface area (Å²) in [6.07, 6.45) is -1.55. The molecule has 3 aromatic rings. The molecule has 0 spiro atoms. The summed E-state index contributed by atoms with van der Waals surface area (Å²) >= 11 is 0. The maximum absolute atomic E-state index is 14.9. The number of fused-ring (bicyclic) bond motifs is 1. The van der Waals surface area contributed by atoms with Gasteiger partial charge >= 0.3 is 0 Å². The lowest BCUT2D eigenvalue weighted by atomic mass is 10.0. The Kier molecular flexibility index (Phi) is 8.88. The molecule has 0 bridgehead atoms. The number of aromatic nitrogens is 2. The molecule has 0 saturated carbocycles. The van der Waals surface area contributed by atoms with Gasteiger partial charge in [0.1, 0.15) is 29.8 Å². The Bertz CT molecular complexity index is 1520. The van der Waals surface area contributed by atoms with Crippen molar-refractivity contribution in [1.82, 2.24) is 19.8 Å². The molecule has 12 heteroatoms. The molecule has 230 valence electrons. The minimum Gasteiger partial charge on any atom is -0.486 e. The fourth-order valence-corrected chi connectivity index (χ4v) is 5.95. The van der Waals surface area contributed by atoms with Crippen LogP contribution in [0.3, 0.4) is 0 Å². The number of aliphatic hydroxyl groups excluding tert-OH is 1. The number of hydrogen-bond acceptors (Lipinski definition) is 10. The van der Waals surface area contributed by atoms with Crippen molar-refractivity contribution in [2.24, 2.45) is 0 Å². The third-order valence-electron chi connectivity index (χ3n) is 8.39. The highest BCUT2D eigenvalue weighted by molar-refractivity contribution is 5.80. The summed E-state index contributed by atoms with van der Waals surface area (Å²) in [4.78, 5) is 27.3. The van der Waals surface area contributed by atoms with Crippen LogP contribution in [0.4, 0.5) is 21.6 Å². The maximum Gasteiger partial charge on any atom is 0.251 e. The predicted octanol–water partition coefficient (Wildman–Crippen LogP) is 2.98. The van der Waals surface area contributed by atoms with Crippen molar-refractivity contribution >= 4 is 23.1 Å². The van der Waals surface area contributed by atoms with Crippen LogP contribution in [0.15, 0.2) is 54.7 Å². The van der Waals surface area contributed by atoms with Crippen LogP contribution >= 0.6 is 0 Å². The summed E-state index contributed by atoms with van der Waals surface area (Å²) in [5, 5.41) is 22.7. The molecule has 3 aliphatic rings. The number of piperidine rings is 1. The number of amides is 1. The summed E-state index contributed by atoms with van der Waals surface area (Å²) in [7, 11) is 0. The van der Waals surface area contributed by atoms with Crippen molar-refractivity contribution in [2.45, 2.75) is 37.8 Å². The van der Waals surface area contributed by atoms with Crippen LogP contribution < -0.4 is 15.0 Å². The summed E-state index contributed by atoms with van der Waals surface area (Å²) in [6.45, 7) is 7.05. The Morgan fingerprint density at radius 2 is 2.00 bits per heavy atom. The first-order valence-electron chi connectivity index (χ1n) is 15.0. The number of halogens is 1. The second-order valence-electron chi connectivity index (χ2n) is 11.4. The zero-order valence-electron chi connectivity index (χ0n) is 24.6. The number of carbonyl (C=O) groups is 1. The van der Waals surface area contributed by atoms with Gasteiger partial charge in [-0.2, -0.15) is 5.26 Å². The zero-order chi connectivity index (χ0) is 30.6. The highest BCUT2D eigenvalue weighted by Gasteiger charge is 2.34. The Morgan fingerprint density at radius 1 is 1.16 bits per heavy atom. The Morgan fingerprint density at radius 3 is 2.77 bits per heavy atom. The summed E-state index contributed by atoms with van der Waals surface area (Å²) < 4.78 is 26.4. The first-order chi connectivity index (χ1) is 21.4. The largest absolute Gasteiger partial charge is 0.486 e. The SMILES string of the molecule is C[C@H](O)C(=O)N1CC[C@H](Oc2ccc(-c3nccc(Nc4ccc(N5CCN6CCOC[C@H]6C5)cc4)n3)cc2C#N)[C@H](F)C1. The molecule has 4 heterocycles. The summed E-state index contributed by atoms with van der Waals surface area (Å²) in [5.41, 5.74) is 2.91. The Hall–Kier alpha value is -4.31. The molecule has 6 rings (SSSR count). The molecule has 4 atom stereocenters. The number of carbonyl (C=O) groups excluding carboxylic acids is 1. The number of aliphatic hydroxyl groups is 1. The standard InChI is InChI=1S/C32H36FN7O4/c1-21(41)32(42)40-11-9-29(27(33)19-40)44-28-7-2-22(16-23(28)17-34)31-35-10-8-30(37-31)36-24-3-5-25(6-4-24)39-13-12-38-14-15-43-20-26(38)18-39/h2-8,10,16,21,26-27,29,41H,9,11-15,18-20H2,1H3,(H,35,36,37)/t21-,26+,27+,29-/m0/s1. The predicted molar refractivity (Wildman–Crippen MR) is 162 cm³/mol. The minimum atomic E-state index is -1.45. The number of likely N-dealkylation sites (tertiary alicyclic amines) is 1. The summed E-state index contributed by atoms with van der Waals surface area (Å²) in [5.74, 6) is 0.779. The van der Waals surface area contributed by atoms with Gasteiger partial charge in [0.15, 0.2) is 12.0 Å². The fourth-order valence-electron chi connectivity index (χ4n) is 5.95. The number of alkyl halides is 1. The summed E-state index contributed by atoms with van der Waals surface area (Å²) in [6, 6.07) is 17.6. The number of benzene rings is 2. The molecule has 2 aromatic carbocycles. The molecule has 0 radical (unpaired) electrons. The Balaban J connectivity index is 1.09. The highest BCUT2D eigenvalue weighted by atomic mass is 19.1. The van der Waals surface area contributed by atoms with E-state index in [1.54, 1.807) is 30.5 Å². The van der Waals surface area contributed by atoms with Gasteiger partial charge in [0.05, 0.1) is 31.4 Å². The number of nitriles is 1. The maximum atomic E-state index is 14.9. The van der Waals surface area contributed by atoms with Crippen molar-refractivity contribution in [1.29, 1.82) is 5.26 Å². The van der Waals surface area contributed by atoms with E-state index in [2.05, 4.69) is 43.3 Å². The third-order valence-corrected chi connectivity index (χ3v) is 8.39. The lowest BCUT2D eigenvalue weighted by molar-refractivity contribution is -0.143. The smallest absolute Gasteiger partial charge is 0.251 e. The lowest BCUT2D eigenvalue weighted by Gasteiger charge is -2.44. The lowest BCUT2D eigenvalue weighted by Crippen LogP contribution is -2.58. The van der Waals surface area contributed by atoms with Gasteiger partial charge in [-0.3, -0.25) is 9.69 Å². The zero-order valence-corrected chi connectivity index (χ0v) is 24.6. The van der Waals surface area contributed by atoms with E-state index in [0.717, 1.165) is 45.1 Å². The monoisotopic (exact) mass is 601 g/mol. The molecule has 11 nitrogen and oxygen atoms in total. The van der Waals surface area contributed by atoms with Gasteiger partial charge in [0.25, 0.3) is 5.91 Å². The molecule has 3 fully saturated rings. The van der Waals surface area contributed by atoms with Crippen LogP contribution in [-0.4, -0.2) is 108 Å². The molecular formula is C32H36FN7O4. The molecule has 0 aliphatic carbocycles. The molecule has 2 N–H and O–H groups in total. The van der Waals surface area contributed by atoms with E-state index < -0.39 is 24.3 Å². The normalized spacial score (nSPS) is 22.9. The number of anilines is 3. The van der Waals surface area contributed by atoms with E-state index >= 15 is 0 Å². The molecular weight excluding hydrogens is 565 g/mol. The molecule has 44 heavy (non-hydrogen) atoms. The van der Waals surface area contributed by atoms with Crippen molar-refractivity contribution in [3.05, 3.63) is 60.3 Å². The van der Waals surface area contributed by atoms with Gasteiger partial charge in [0.2, 0.25) is 0 Å². The van der Waals surface area contributed by atoms with E-state index in [1.165, 1.54) is 17.5 Å². The molecule has 3 aliphatic heterocycles. The van der Waals surface area contributed by atoms with Crippen molar-refractivity contribution in [2.75, 3.05) is 62.7 Å². The van der Waals surface area contributed by atoms with Gasteiger partial charge in [-0.25, -0.2) is 14.4 Å². The minimum absolute atomic E-state index is 0.169. The van der Waals surface area contributed by atoms with Crippen LogP contribution in [0.5, 0.6) is 5.75 Å². The van der Waals surface area contributed by atoms with Crippen LogP contribution in [0.25, 0.3) is 11.4 Å². The van der Waals surface area contributed by atoms with Crippen LogP contribution in [-0.2, 0) is 9.53 Å². The number of nitrogens with one attached hydrogen (secondary N) is 1. The number of morpholine rings is 1. The molecule has 1 amide bonds. The van der Waals surface area contributed by atoms with Crippen molar-refractivity contribution in [3.8, 4) is 23.2 Å². The number of nitrogens with zero attached hydrogens (tertiary/aromatic N) is 6. The van der Waals surface area contributed by atoms with Crippen molar-refractivity contribution < 1.29 is 23.8 Å². The van der Waals surface area contributed by atoms with E-state index in [0.29, 0.717) is 23.2 Å². The molecule has 0 unspecified atom stereocenters. The first kappa shape index (κ1) is 29.7. The number of rotatable bonds is 7. The van der Waals surface area contributed by atoms with Crippen LogP contribution in [0, 0.1) is 11.3 Å². The second-order valence-corrected chi connectivity index (χ2v) is 11.4. The number of hydrogen-bond donors (Lipinski definition) is 2. The van der Waals surface area contributed by atoms with Gasteiger partial charge < -0.3 is 29.7 Å². The fraction of sp³-hybridized carbons (Fsp3) is 0.438. The van der Waals surface area contributed by atoms with Crippen LogP contribution in [0.2, 0.25) is 0 Å². The van der Waals surface area contributed by atoms with Gasteiger partial charge in [-0.1, -0.05) is 0 Å². The average Bonchev–Trinajstić information content (AvgIpc) is 3.05. The van der Waals surface area contributed by atoms with Crippen molar-refractivity contribution in [3.63, 3.8) is 0 Å².